The number of H-pyrrole nitrogens is 1. The van der Waals surface area contributed by atoms with Crippen LogP contribution in [0.3, 0.4) is 0 Å². The molecule has 0 fully saturated rings. The van der Waals surface area contributed by atoms with E-state index < -0.39 is 0 Å². The van der Waals surface area contributed by atoms with E-state index in [4.69, 9.17) is 0 Å². The Balaban J connectivity index is 1.73. The second-order valence-corrected chi connectivity index (χ2v) is 8.07. The molecule has 3 heterocycles. The maximum absolute atomic E-state index is 13.4. The monoisotopic (exact) mass is 447 g/mol. The quantitative estimate of drug-likeness (QED) is 0.561. The summed E-state index contributed by atoms with van der Waals surface area (Å²) in [4.78, 5) is 30.8. The first kappa shape index (κ1) is 22.3. The fourth-order valence-electron chi connectivity index (χ4n) is 4.18. The molecule has 3 aromatic rings. The van der Waals surface area contributed by atoms with E-state index >= 15 is 0 Å². The van der Waals surface area contributed by atoms with Crippen LogP contribution in [-0.4, -0.2) is 38.0 Å². The average Bonchev–Trinajstić information content (AvgIpc) is 3.47. The summed E-state index contributed by atoms with van der Waals surface area (Å²) in [7, 11) is 0. The van der Waals surface area contributed by atoms with Crippen LogP contribution in [0.25, 0.3) is 0 Å². The summed E-state index contributed by atoms with van der Waals surface area (Å²) >= 11 is 0. The second-order valence-electron chi connectivity index (χ2n) is 8.07. The van der Waals surface area contributed by atoms with Crippen LogP contribution in [0.5, 0.6) is 0 Å². The number of rotatable bonds is 6. The standard InChI is InChI=1S/C25H26FN5O2/c1-4-19(5-2)28-24(32)22-20-15-30(25(33)21-7-6-12-27-21)13-16(3)23(20)31(29-22)14-17-8-10-18(26)11-9-17/h4-12,16,27H,1,13-15H2,2-3H3,(H,28,32)/b19-5+. The number of nitrogens with zero attached hydrogens (tertiary/aromatic N) is 3. The number of hydrogen-bond acceptors (Lipinski definition) is 3. The fraction of sp³-hybridized carbons (Fsp3) is 0.240. The van der Waals surface area contributed by atoms with Gasteiger partial charge in [-0.2, -0.15) is 5.10 Å². The van der Waals surface area contributed by atoms with Gasteiger partial charge >= 0.3 is 0 Å². The molecule has 0 spiro atoms. The van der Waals surface area contributed by atoms with Crippen molar-refractivity contribution in [3.63, 3.8) is 0 Å². The smallest absolute Gasteiger partial charge is 0.276 e. The van der Waals surface area contributed by atoms with Gasteiger partial charge in [-0.3, -0.25) is 14.3 Å². The van der Waals surface area contributed by atoms with Crippen molar-refractivity contribution in [2.75, 3.05) is 6.54 Å². The highest BCUT2D eigenvalue weighted by Crippen LogP contribution is 2.32. The molecule has 2 amide bonds. The molecule has 0 aliphatic carbocycles. The molecule has 0 radical (unpaired) electrons. The zero-order chi connectivity index (χ0) is 23.5. The summed E-state index contributed by atoms with van der Waals surface area (Å²) in [6.07, 6.45) is 5.01. The molecule has 0 bridgehead atoms. The van der Waals surface area contributed by atoms with Gasteiger partial charge in [-0.05, 0) is 42.8 Å². The molecule has 0 saturated heterocycles. The Labute approximate surface area is 191 Å². The Hall–Kier alpha value is -3.94. The molecule has 7 nitrogen and oxygen atoms in total. The third kappa shape index (κ3) is 4.50. The number of carbonyl (C=O) groups excluding carboxylic acids is 2. The first-order valence-corrected chi connectivity index (χ1v) is 10.8. The third-order valence-corrected chi connectivity index (χ3v) is 5.77. The lowest BCUT2D eigenvalue weighted by Crippen LogP contribution is -2.39. The number of amides is 2. The van der Waals surface area contributed by atoms with Crippen LogP contribution in [0.1, 0.15) is 57.6 Å². The van der Waals surface area contributed by atoms with Crippen LogP contribution in [-0.2, 0) is 13.1 Å². The van der Waals surface area contributed by atoms with Gasteiger partial charge in [0.05, 0.1) is 13.1 Å². The van der Waals surface area contributed by atoms with Crippen molar-refractivity contribution >= 4 is 11.8 Å². The van der Waals surface area contributed by atoms with E-state index in [1.807, 2.05) is 6.92 Å². The Morgan fingerprint density at radius 3 is 2.70 bits per heavy atom. The Kier molecular flexibility index (Phi) is 6.26. The van der Waals surface area contributed by atoms with E-state index in [1.165, 1.54) is 12.1 Å². The maximum atomic E-state index is 13.4. The molecule has 1 atom stereocenters. The lowest BCUT2D eigenvalue weighted by Gasteiger charge is -2.32. The largest absolute Gasteiger partial charge is 0.357 e. The number of benzene rings is 1. The molecule has 8 heteroatoms. The maximum Gasteiger partial charge on any atom is 0.276 e. The van der Waals surface area contributed by atoms with Crippen LogP contribution in [0.4, 0.5) is 4.39 Å². The number of nitrogens with one attached hydrogen (secondary N) is 2. The predicted octanol–water partition coefficient (Wildman–Crippen LogP) is 3.98. The minimum Gasteiger partial charge on any atom is -0.357 e. The Morgan fingerprint density at radius 1 is 1.30 bits per heavy atom. The molecule has 1 aliphatic heterocycles. The molecule has 0 saturated carbocycles. The minimum absolute atomic E-state index is 0.0530. The van der Waals surface area contributed by atoms with Gasteiger partial charge in [-0.25, -0.2) is 4.39 Å². The van der Waals surface area contributed by atoms with Crippen molar-refractivity contribution in [2.24, 2.45) is 0 Å². The molecule has 2 aromatic heterocycles. The average molecular weight is 448 g/mol. The third-order valence-electron chi connectivity index (χ3n) is 5.77. The summed E-state index contributed by atoms with van der Waals surface area (Å²) in [5, 5.41) is 7.46. The highest BCUT2D eigenvalue weighted by Gasteiger charge is 2.34. The van der Waals surface area contributed by atoms with Crippen molar-refractivity contribution in [3.05, 3.63) is 101 Å². The number of carbonyl (C=O) groups is 2. The van der Waals surface area contributed by atoms with Crippen LogP contribution >= 0.6 is 0 Å². The lowest BCUT2D eigenvalue weighted by atomic mass is 9.95. The van der Waals surface area contributed by atoms with E-state index in [2.05, 4.69) is 22.0 Å². The van der Waals surface area contributed by atoms with Crippen LogP contribution in [0, 0.1) is 5.82 Å². The van der Waals surface area contributed by atoms with Crippen LogP contribution in [0.15, 0.2) is 67.0 Å². The molecule has 1 aliphatic rings. The lowest BCUT2D eigenvalue weighted by molar-refractivity contribution is 0.0711. The van der Waals surface area contributed by atoms with Gasteiger partial charge in [0, 0.05) is 35.6 Å². The van der Waals surface area contributed by atoms with Crippen molar-refractivity contribution in [1.82, 2.24) is 25.0 Å². The van der Waals surface area contributed by atoms with Crippen molar-refractivity contribution in [3.8, 4) is 0 Å². The van der Waals surface area contributed by atoms with Crippen LogP contribution in [0.2, 0.25) is 0 Å². The Morgan fingerprint density at radius 2 is 2.06 bits per heavy atom. The second kappa shape index (κ2) is 9.28. The van der Waals surface area contributed by atoms with Gasteiger partial charge < -0.3 is 15.2 Å². The van der Waals surface area contributed by atoms with E-state index in [-0.39, 0.29) is 35.8 Å². The number of allylic oxidation sites excluding steroid dienone is 2. The van der Waals surface area contributed by atoms with Gasteiger partial charge in [-0.1, -0.05) is 31.7 Å². The highest BCUT2D eigenvalue weighted by atomic mass is 19.1. The summed E-state index contributed by atoms with van der Waals surface area (Å²) in [5.41, 5.74) is 3.83. The zero-order valence-electron chi connectivity index (χ0n) is 18.6. The molecule has 170 valence electrons. The van der Waals surface area contributed by atoms with Crippen molar-refractivity contribution in [1.29, 1.82) is 0 Å². The van der Waals surface area contributed by atoms with Crippen LogP contribution < -0.4 is 5.32 Å². The summed E-state index contributed by atoms with van der Waals surface area (Å²) in [5.74, 6) is -0.854. The van der Waals surface area contributed by atoms with Crippen molar-refractivity contribution < 1.29 is 14.0 Å². The van der Waals surface area contributed by atoms with Gasteiger partial charge in [0.15, 0.2) is 5.69 Å². The first-order chi connectivity index (χ1) is 15.9. The number of aromatic amines is 1. The van der Waals surface area contributed by atoms with E-state index in [9.17, 15) is 14.0 Å². The Bertz CT molecular complexity index is 1210. The number of hydrogen-bond donors (Lipinski definition) is 2. The molecule has 4 rings (SSSR count). The topological polar surface area (TPSA) is 83.0 Å². The molecular formula is C25H26FN5O2. The molecule has 1 unspecified atom stereocenters. The predicted molar refractivity (Wildman–Crippen MR) is 123 cm³/mol. The molecule has 33 heavy (non-hydrogen) atoms. The van der Waals surface area contributed by atoms with Gasteiger partial charge in [0.25, 0.3) is 11.8 Å². The fourth-order valence-corrected chi connectivity index (χ4v) is 4.18. The first-order valence-electron chi connectivity index (χ1n) is 10.8. The molecular weight excluding hydrogens is 421 g/mol. The zero-order valence-corrected chi connectivity index (χ0v) is 18.6. The van der Waals surface area contributed by atoms with Gasteiger partial charge in [0.1, 0.15) is 11.5 Å². The summed E-state index contributed by atoms with van der Waals surface area (Å²) in [6, 6.07) is 9.72. The normalized spacial score (nSPS) is 15.8. The molecule has 2 N–H and O–H groups in total. The van der Waals surface area contributed by atoms with E-state index in [1.54, 1.807) is 59.1 Å². The summed E-state index contributed by atoms with van der Waals surface area (Å²) in [6.45, 7) is 8.68. The van der Waals surface area contributed by atoms with Gasteiger partial charge in [0.2, 0.25) is 0 Å². The van der Waals surface area contributed by atoms with E-state index in [0.29, 0.717) is 30.0 Å². The SMILES string of the molecule is C=C/C(=C\C)NC(=O)c1nn(Cc2ccc(F)cc2)c2c1CN(C(=O)c1ccc[nH]1)CC2C. The number of halogens is 1. The summed E-state index contributed by atoms with van der Waals surface area (Å²) < 4.78 is 15.2. The highest BCUT2D eigenvalue weighted by molar-refractivity contribution is 5.96. The minimum atomic E-state index is -0.363. The molecule has 1 aromatic carbocycles. The number of fused-ring (bicyclic) bond motifs is 1. The van der Waals surface area contributed by atoms with Gasteiger partial charge in [-0.15, -0.1) is 0 Å². The van der Waals surface area contributed by atoms with E-state index in [0.717, 1.165) is 11.3 Å². The number of aromatic nitrogens is 3. The van der Waals surface area contributed by atoms with Crippen molar-refractivity contribution in [2.45, 2.75) is 32.9 Å².